The van der Waals surface area contributed by atoms with Crippen LogP contribution in [-0.4, -0.2) is 25.5 Å². The molecule has 2 aromatic carbocycles. The van der Waals surface area contributed by atoms with Crippen molar-refractivity contribution in [1.29, 1.82) is 0 Å². The van der Waals surface area contributed by atoms with E-state index in [1.165, 1.54) is 19.2 Å². The van der Waals surface area contributed by atoms with Gasteiger partial charge in [0.05, 0.1) is 24.2 Å². The molecule has 0 aliphatic carbocycles. The highest BCUT2D eigenvalue weighted by Crippen LogP contribution is 2.21. The molecule has 0 bridgehead atoms. The molecule has 5 nitrogen and oxygen atoms in total. The Kier molecular flexibility index (Phi) is 5.70. The van der Waals surface area contributed by atoms with Crippen molar-refractivity contribution in [3.05, 3.63) is 58.6 Å². The summed E-state index contributed by atoms with van der Waals surface area (Å²) in [5.41, 5.74) is 0.614. The monoisotopic (exact) mass is 354 g/mol. The summed E-state index contributed by atoms with van der Waals surface area (Å²) < 4.78 is 30.7. The highest BCUT2D eigenvalue weighted by molar-refractivity contribution is 6.33. The van der Waals surface area contributed by atoms with Crippen LogP contribution in [-0.2, 0) is 9.53 Å². The summed E-state index contributed by atoms with van der Waals surface area (Å²) in [5, 5.41) is 5.34. The summed E-state index contributed by atoms with van der Waals surface area (Å²) in [6, 6.07) is 7.19. The fourth-order valence-electron chi connectivity index (χ4n) is 1.92. The SMILES string of the molecule is COC(=O)c1cc(NCC(=O)Nc2cc(F)cc(F)c2)ccc1Cl. The van der Waals surface area contributed by atoms with E-state index in [1.54, 1.807) is 6.07 Å². The average Bonchev–Trinajstić information content (AvgIpc) is 2.52. The molecule has 0 fully saturated rings. The normalized spacial score (nSPS) is 10.2. The third-order valence-electron chi connectivity index (χ3n) is 2.97. The number of benzene rings is 2. The lowest BCUT2D eigenvalue weighted by Gasteiger charge is -2.10. The molecule has 1 amide bonds. The van der Waals surface area contributed by atoms with Crippen molar-refractivity contribution in [2.24, 2.45) is 0 Å². The first kappa shape index (κ1) is 17.7. The minimum Gasteiger partial charge on any atom is -0.465 e. The zero-order valence-corrected chi connectivity index (χ0v) is 13.3. The van der Waals surface area contributed by atoms with Gasteiger partial charge < -0.3 is 15.4 Å². The van der Waals surface area contributed by atoms with Gasteiger partial charge in [-0.25, -0.2) is 13.6 Å². The second-order valence-corrected chi connectivity index (χ2v) is 5.15. The van der Waals surface area contributed by atoms with E-state index < -0.39 is 23.5 Å². The fourth-order valence-corrected chi connectivity index (χ4v) is 2.11. The van der Waals surface area contributed by atoms with Crippen LogP contribution in [0.4, 0.5) is 20.2 Å². The second kappa shape index (κ2) is 7.74. The van der Waals surface area contributed by atoms with Crippen LogP contribution >= 0.6 is 11.6 Å². The topological polar surface area (TPSA) is 67.4 Å². The van der Waals surface area contributed by atoms with Gasteiger partial charge in [-0.05, 0) is 30.3 Å². The minimum atomic E-state index is -0.793. The Balaban J connectivity index is 2.00. The van der Waals surface area contributed by atoms with Crippen molar-refractivity contribution in [3.63, 3.8) is 0 Å². The van der Waals surface area contributed by atoms with Gasteiger partial charge in [0.2, 0.25) is 5.91 Å². The molecular formula is C16H13ClF2N2O3. The smallest absolute Gasteiger partial charge is 0.339 e. The van der Waals surface area contributed by atoms with Gasteiger partial charge >= 0.3 is 5.97 Å². The van der Waals surface area contributed by atoms with Crippen LogP contribution in [0.2, 0.25) is 5.02 Å². The standard InChI is InChI=1S/C16H13ClF2N2O3/c1-24-16(23)13-7-11(2-3-14(13)17)20-8-15(22)21-12-5-9(18)4-10(19)6-12/h2-7,20H,8H2,1H3,(H,21,22). The van der Waals surface area contributed by atoms with E-state index in [0.717, 1.165) is 12.1 Å². The quantitative estimate of drug-likeness (QED) is 0.807. The minimum absolute atomic E-state index is 0.00524. The first-order chi connectivity index (χ1) is 11.4. The van der Waals surface area contributed by atoms with E-state index >= 15 is 0 Å². The Morgan fingerprint density at radius 2 is 1.75 bits per heavy atom. The number of halogens is 3. The van der Waals surface area contributed by atoms with E-state index in [2.05, 4.69) is 15.4 Å². The largest absolute Gasteiger partial charge is 0.465 e. The number of methoxy groups -OCH3 is 1. The molecule has 2 rings (SSSR count). The van der Waals surface area contributed by atoms with Crippen LogP contribution in [0.1, 0.15) is 10.4 Å². The van der Waals surface area contributed by atoms with Crippen molar-refractivity contribution >= 4 is 34.9 Å². The molecule has 2 aromatic rings. The van der Waals surface area contributed by atoms with Gasteiger partial charge in [0.1, 0.15) is 11.6 Å². The summed E-state index contributed by atoms with van der Waals surface area (Å²) in [5.74, 6) is -2.71. The molecule has 0 unspecified atom stereocenters. The molecule has 0 spiro atoms. The van der Waals surface area contributed by atoms with Crippen LogP contribution in [0.3, 0.4) is 0 Å². The summed E-state index contributed by atoms with van der Waals surface area (Å²) in [7, 11) is 1.23. The summed E-state index contributed by atoms with van der Waals surface area (Å²) >= 11 is 5.89. The average molecular weight is 355 g/mol. The highest BCUT2D eigenvalue weighted by atomic mass is 35.5. The highest BCUT2D eigenvalue weighted by Gasteiger charge is 2.12. The van der Waals surface area contributed by atoms with E-state index in [9.17, 15) is 18.4 Å². The maximum atomic E-state index is 13.1. The lowest BCUT2D eigenvalue weighted by Crippen LogP contribution is -2.22. The number of carbonyl (C=O) groups excluding carboxylic acids is 2. The molecule has 0 saturated heterocycles. The van der Waals surface area contributed by atoms with Gasteiger partial charge in [0.25, 0.3) is 0 Å². The Labute approximate surface area is 141 Å². The van der Waals surface area contributed by atoms with Gasteiger partial charge in [-0.1, -0.05) is 11.6 Å². The molecule has 126 valence electrons. The number of amides is 1. The van der Waals surface area contributed by atoms with Crippen LogP contribution < -0.4 is 10.6 Å². The van der Waals surface area contributed by atoms with Gasteiger partial charge in [-0.15, -0.1) is 0 Å². The van der Waals surface area contributed by atoms with Crippen molar-refractivity contribution in [2.45, 2.75) is 0 Å². The number of ether oxygens (including phenoxy) is 1. The van der Waals surface area contributed by atoms with Crippen LogP contribution in [0.5, 0.6) is 0 Å². The number of carbonyl (C=O) groups is 2. The molecular weight excluding hydrogens is 342 g/mol. The third-order valence-corrected chi connectivity index (χ3v) is 3.30. The van der Waals surface area contributed by atoms with Crippen LogP contribution in [0, 0.1) is 11.6 Å². The lowest BCUT2D eigenvalue weighted by molar-refractivity contribution is -0.114. The Morgan fingerprint density at radius 1 is 1.08 bits per heavy atom. The van der Waals surface area contributed by atoms with Gasteiger partial charge in [0, 0.05) is 17.4 Å². The number of rotatable bonds is 5. The van der Waals surface area contributed by atoms with Gasteiger partial charge in [-0.2, -0.15) is 0 Å². The number of anilines is 2. The number of hydrogen-bond acceptors (Lipinski definition) is 4. The van der Waals surface area contributed by atoms with E-state index in [-0.39, 0.29) is 22.8 Å². The molecule has 24 heavy (non-hydrogen) atoms. The zero-order valence-electron chi connectivity index (χ0n) is 12.5. The maximum Gasteiger partial charge on any atom is 0.339 e. The summed E-state index contributed by atoms with van der Waals surface area (Å²) in [4.78, 5) is 23.4. The van der Waals surface area contributed by atoms with E-state index in [4.69, 9.17) is 11.6 Å². The molecule has 0 atom stereocenters. The van der Waals surface area contributed by atoms with Crippen LogP contribution in [0.15, 0.2) is 36.4 Å². The maximum absolute atomic E-state index is 13.1. The number of nitrogens with one attached hydrogen (secondary N) is 2. The van der Waals surface area contributed by atoms with Crippen molar-refractivity contribution in [3.8, 4) is 0 Å². The third kappa shape index (κ3) is 4.66. The molecule has 0 aliphatic rings. The summed E-state index contributed by atoms with van der Waals surface area (Å²) in [6.07, 6.45) is 0. The van der Waals surface area contributed by atoms with E-state index in [1.807, 2.05) is 0 Å². The Bertz CT molecular complexity index is 764. The number of hydrogen-bond donors (Lipinski definition) is 2. The van der Waals surface area contributed by atoms with Crippen molar-refractivity contribution < 1.29 is 23.1 Å². The predicted molar refractivity (Wildman–Crippen MR) is 86.3 cm³/mol. The molecule has 0 heterocycles. The number of esters is 1. The second-order valence-electron chi connectivity index (χ2n) is 4.75. The zero-order chi connectivity index (χ0) is 17.7. The molecule has 8 heteroatoms. The Morgan fingerprint density at radius 3 is 2.38 bits per heavy atom. The lowest BCUT2D eigenvalue weighted by atomic mass is 10.2. The summed E-state index contributed by atoms with van der Waals surface area (Å²) in [6.45, 7) is -0.180. The molecule has 0 aromatic heterocycles. The Hall–Kier alpha value is -2.67. The van der Waals surface area contributed by atoms with Gasteiger partial charge in [-0.3, -0.25) is 4.79 Å². The van der Waals surface area contributed by atoms with E-state index in [0.29, 0.717) is 11.8 Å². The first-order valence-corrected chi connectivity index (χ1v) is 7.14. The van der Waals surface area contributed by atoms with Crippen molar-refractivity contribution in [1.82, 2.24) is 0 Å². The van der Waals surface area contributed by atoms with Crippen molar-refractivity contribution in [2.75, 3.05) is 24.3 Å². The molecule has 0 aliphatic heterocycles. The molecule has 0 saturated carbocycles. The first-order valence-electron chi connectivity index (χ1n) is 6.76. The van der Waals surface area contributed by atoms with Crippen LogP contribution in [0.25, 0.3) is 0 Å². The molecule has 0 radical (unpaired) electrons. The predicted octanol–water partition coefficient (Wildman–Crippen LogP) is 3.46. The molecule has 2 N–H and O–H groups in total. The fraction of sp³-hybridized carbons (Fsp3) is 0.125. The van der Waals surface area contributed by atoms with Gasteiger partial charge in [0.15, 0.2) is 0 Å².